The summed E-state index contributed by atoms with van der Waals surface area (Å²) in [4.78, 5) is 10.7. The van der Waals surface area contributed by atoms with Crippen LogP contribution in [-0.2, 0) is 6.54 Å². The lowest BCUT2D eigenvalue weighted by atomic mass is 10.1. The van der Waals surface area contributed by atoms with E-state index in [2.05, 4.69) is 21.0 Å². The SMILES string of the molecule is Cc1nn(Cc2ccc(C(=O)O)cc2F)c(C)c1Br. The van der Waals surface area contributed by atoms with E-state index < -0.39 is 11.8 Å². The number of aromatic carboxylic acids is 1. The van der Waals surface area contributed by atoms with Crippen molar-refractivity contribution in [2.45, 2.75) is 20.4 Å². The van der Waals surface area contributed by atoms with E-state index in [-0.39, 0.29) is 12.1 Å². The van der Waals surface area contributed by atoms with Gasteiger partial charge in [0.15, 0.2) is 0 Å². The molecule has 0 spiro atoms. The van der Waals surface area contributed by atoms with E-state index in [1.807, 2.05) is 13.8 Å². The van der Waals surface area contributed by atoms with Gasteiger partial charge in [-0.3, -0.25) is 4.68 Å². The fourth-order valence-corrected chi connectivity index (χ4v) is 2.08. The molecular formula is C13H12BrFN2O2. The molecule has 6 heteroatoms. The second-order valence-electron chi connectivity index (χ2n) is 4.25. The lowest BCUT2D eigenvalue weighted by Gasteiger charge is -2.06. The number of aryl methyl sites for hydroxylation is 1. The van der Waals surface area contributed by atoms with Crippen LogP contribution >= 0.6 is 15.9 Å². The summed E-state index contributed by atoms with van der Waals surface area (Å²) in [5.41, 5.74) is 2.08. The fourth-order valence-electron chi connectivity index (χ4n) is 1.80. The number of hydrogen-bond donors (Lipinski definition) is 1. The van der Waals surface area contributed by atoms with Crippen molar-refractivity contribution in [2.24, 2.45) is 0 Å². The Kier molecular flexibility index (Phi) is 3.71. The van der Waals surface area contributed by atoms with Gasteiger partial charge in [-0.05, 0) is 41.9 Å². The van der Waals surface area contributed by atoms with Crippen molar-refractivity contribution in [3.05, 3.63) is 51.0 Å². The van der Waals surface area contributed by atoms with Crippen LogP contribution < -0.4 is 0 Å². The Hall–Kier alpha value is -1.69. The summed E-state index contributed by atoms with van der Waals surface area (Å²) in [7, 11) is 0. The Morgan fingerprint density at radius 1 is 1.47 bits per heavy atom. The molecule has 1 heterocycles. The molecule has 19 heavy (non-hydrogen) atoms. The van der Waals surface area contributed by atoms with Gasteiger partial charge in [0.1, 0.15) is 5.82 Å². The summed E-state index contributed by atoms with van der Waals surface area (Å²) < 4.78 is 16.4. The predicted molar refractivity (Wildman–Crippen MR) is 71.9 cm³/mol. The molecule has 1 aromatic heterocycles. The van der Waals surface area contributed by atoms with Crippen molar-refractivity contribution in [2.75, 3.05) is 0 Å². The molecule has 2 rings (SSSR count). The highest BCUT2D eigenvalue weighted by molar-refractivity contribution is 9.10. The van der Waals surface area contributed by atoms with E-state index >= 15 is 0 Å². The third-order valence-electron chi connectivity index (χ3n) is 2.91. The number of hydrogen-bond acceptors (Lipinski definition) is 2. The zero-order valence-electron chi connectivity index (χ0n) is 10.4. The van der Waals surface area contributed by atoms with E-state index in [4.69, 9.17) is 5.11 Å². The molecule has 1 aromatic carbocycles. The van der Waals surface area contributed by atoms with Crippen molar-refractivity contribution in [3.63, 3.8) is 0 Å². The van der Waals surface area contributed by atoms with Crippen LogP contribution in [0.3, 0.4) is 0 Å². The molecule has 2 aromatic rings. The van der Waals surface area contributed by atoms with E-state index in [1.165, 1.54) is 12.1 Å². The molecular weight excluding hydrogens is 315 g/mol. The zero-order valence-corrected chi connectivity index (χ0v) is 12.0. The third kappa shape index (κ3) is 2.68. The van der Waals surface area contributed by atoms with Crippen molar-refractivity contribution >= 4 is 21.9 Å². The first-order chi connectivity index (χ1) is 8.90. The van der Waals surface area contributed by atoms with Gasteiger partial charge < -0.3 is 5.11 Å². The Labute approximate surface area is 118 Å². The highest BCUT2D eigenvalue weighted by Gasteiger charge is 2.12. The standard InChI is InChI=1S/C13H12BrFN2O2/c1-7-12(14)8(2)17(16-7)6-10-4-3-9(13(18)19)5-11(10)15/h3-5H,6H2,1-2H3,(H,18,19). The smallest absolute Gasteiger partial charge is 0.335 e. The van der Waals surface area contributed by atoms with Gasteiger partial charge in [0.2, 0.25) is 0 Å². The van der Waals surface area contributed by atoms with E-state index in [9.17, 15) is 9.18 Å². The number of benzene rings is 1. The summed E-state index contributed by atoms with van der Waals surface area (Å²) in [5.74, 6) is -1.68. The molecule has 0 amide bonds. The molecule has 0 aliphatic carbocycles. The number of aromatic nitrogens is 2. The van der Waals surface area contributed by atoms with Crippen molar-refractivity contribution < 1.29 is 14.3 Å². The number of halogens is 2. The fraction of sp³-hybridized carbons (Fsp3) is 0.231. The summed E-state index contributed by atoms with van der Waals surface area (Å²) >= 11 is 3.41. The average molecular weight is 327 g/mol. The molecule has 1 N–H and O–H groups in total. The van der Waals surface area contributed by atoms with Gasteiger partial charge >= 0.3 is 5.97 Å². The molecule has 0 saturated carbocycles. The zero-order chi connectivity index (χ0) is 14.2. The van der Waals surface area contributed by atoms with Gasteiger partial charge in [0, 0.05) is 5.56 Å². The van der Waals surface area contributed by atoms with Crippen molar-refractivity contribution in [3.8, 4) is 0 Å². The molecule has 0 saturated heterocycles. The first-order valence-electron chi connectivity index (χ1n) is 5.61. The van der Waals surface area contributed by atoms with Crippen LogP contribution in [-0.4, -0.2) is 20.9 Å². The predicted octanol–water partition coefficient (Wildman–Crippen LogP) is 3.15. The molecule has 4 nitrogen and oxygen atoms in total. The lowest BCUT2D eigenvalue weighted by molar-refractivity contribution is 0.0696. The molecule has 0 radical (unpaired) electrons. The number of nitrogens with zero attached hydrogens (tertiary/aromatic N) is 2. The van der Waals surface area contributed by atoms with Crippen LogP contribution in [0.25, 0.3) is 0 Å². The minimum Gasteiger partial charge on any atom is -0.478 e. The molecule has 0 aliphatic rings. The minimum absolute atomic E-state index is 0.0594. The highest BCUT2D eigenvalue weighted by atomic mass is 79.9. The minimum atomic E-state index is -1.14. The Balaban J connectivity index is 2.33. The van der Waals surface area contributed by atoms with Crippen LogP contribution in [0.15, 0.2) is 22.7 Å². The van der Waals surface area contributed by atoms with Crippen LogP contribution in [0, 0.1) is 19.7 Å². The molecule has 100 valence electrons. The maximum absolute atomic E-state index is 13.8. The summed E-state index contributed by atoms with van der Waals surface area (Å²) in [6.07, 6.45) is 0. The second kappa shape index (κ2) is 5.13. The van der Waals surface area contributed by atoms with Crippen LogP contribution in [0.1, 0.15) is 27.3 Å². The van der Waals surface area contributed by atoms with Gasteiger partial charge in [0.25, 0.3) is 0 Å². The van der Waals surface area contributed by atoms with Crippen LogP contribution in [0.2, 0.25) is 0 Å². The first-order valence-corrected chi connectivity index (χ1v) is 6.40. The monoisotopic (exact) mass is 326 g/mol. The van der Waals surface area contributed by atoms with E-state index in [0.29, 0.717) is 5.56 Å². The highest BCUT2D eigenvalue weighted by Crippen LogP contribution is 2.21. The Morgan fingerprint density at radius 3 is 2.63 bits per heavy atom. The molecule has 0 unspecified atom stereocenters. The summed E-state index contributed by atoms with van der Waals surface area (Å²) in [5, 5.41) is 13.1. The van der Waals surface area contributed by atoms with Crippen LogP contribution in [0.5, 0.6) is 0 Å². The maximum Gasteiger partial charge on any atom is 0.335 e. The molecule has 0 atom stereocenters. The second-order valence-corrected chi connectivity index (χ2v) is 5.05. The van der Waals surface area contributed by atoms with Gasteiger partial charge in [-0.2, -0.15) is 5.10 Å². The number of carbonyl (C=O) groups is 1. The van der Waals surface area contributed by atoms with Gasteiger partial charge in [-0.1, -0.05) is 6.07 Å². The molecule has 0 fully saturated rings. The average Bonchev–Trinajstić information content (AvgIpc) is 2.59. The molecule has 0 aliphatic heterocycles. The Morgan fingerprint density at radius 2 is 2.16 bits per heavy atom. The first kappa shape index (κ1) is 13.7. The molecule has 0 bridgehead atoms. The van der Waals surface area contributed by atoms with Crippen LogP contribution in [0.4, 0.5) is 4.39 Å². The number of rotatable bonds is 3. The van der Waals surface area contributed by atoms with Crippen molar-refractivity contribution in [1.82, 2.24) is 9.78 Å². The number of carboxylic acids is 1. The quantitative estimate of drug-likeness (QED) is 0.942. The number of carboxylic acid groups (broad SMARTS) is 1. The van der Waals surface area contributed by atoms with E-state index in [1.54, 1.807) is 4.68 Å². The third-order valence-corrected chi connectivity index (χ3v) is 4.06. The normalized spacial score (nSPS) is 10.7. The Bertz CT molecular complexity index is 652. The van der Waals surface area contributed by atoms with Crippen molar-refractivity contribution in [1.29, 1.82) is 0 Å². The summed E-state index contributed by atoms with van der Waals surface area (Å²) in [6, 6.07) is 3.89. The topological polar surface area (TPSA) is 55.1 Å². The van der Waals surface area contributed by atoms with E-state index in [0.717, 1.165) is 21.9 Å². The van der Waals surface area contributed by atoms with Gasteiger partial charge in [-0.25, -0.2) is 9.18 Å². The van der Waals surface area contributed by atoms with Gasteiger partial charge in [-0.15, -0.1) is 0 Å². The largest absolute Gasteiger partial charge is 0.478 e. The maximum atomic E-state index is 13.8. The summed E-state index contributed by atoms with van der Waals surface area (Å²) in [6.45, 7) is 4.01. The lowest BCUT2D eigenvalue weighted by Crippen LogP contribution is -2.07. The van der Waals surface area contributed by atoms with Gasteiger partial charge in [0.05, 0.1) is 28.0 Å².